The molecule has 0 unspecified atom stereocenters. The first-order valence-corrected chi connectivity index (χ1v) is 8.65. The van der Waals surface area contributed by atoms with Crippen molar-refractivity contribution in [3.63, 3.8) is 0 Å². The van der Waals surface area contributed by atoms with E-state index in [1.54, 1.807) is 19.1 Å². The number of carbonyl (C=O) groups is 1. The molecule has 0 spiro atoms. The molecule has 0 aliphatic heterocycles. The fourth-order valence-electron chi connectivity index (χ4n) is 2.07. The summed E-state index contributed by atoms with van der Waals surface area (Å²) in [5, 5.41) is 2.41. The monoisotopic (exact) mass is 333 g/mol. The third kappa shape index (κ3) is 4.87. The van der Waals surface area contributed by atoms with Crippen LogP contribution in [0.25, 0.3) is 0 Å². The van der Waals surface area contributed by atoms with Crippen LogP contribution in [0, 0.1) is 6.92 Å². The van der Waals surface area contributed by atoms with E-state index in [2.05, 4.69) is 15.0 Å². The Morgan fingerprint density at radius 2 is 1.83 bits per heavy atom. The Balaban J connectivity index is 2.10. The van der Waals surface area contributed by atoms with E-state index in [0.717, 1.165) is 5.56 Å². The van der Waals surface area contributed by atoms with Crippen molar-refractivity contribution in [2.24, 2.45) is 0 Å². The zero-order valence-corrected chi connectivity index (χ0v) is 13.9. The van der Waals surface area contributed by atoms with E-state index in [1.807, 2.05) is 30.3 Å². The number of nitrogens with zero attached hydrogens (tertiary/aromatic N) is 1. The minimum atomic E-state index is -3.73. The molecule has 0 fully saturated rings. The molecular weight excluding hydrogens is 314 g/mol. The highest BCUT2D eigenvalue weighted by atomic mass is 32.2. The number of benzene rings is 1. The van der Waals surface area contributed by atoms with Crippen LogP contribution in [0.1, 0.15) is 18.1 Å². The van der Waals surface area contributed by atoms with Crippen LogP contribution in [0.3, 0.4) is 0 Å². The summed E-state index contributed by atoms with van der Waals surface area (Å²) in [6.45, 7) is 3.28. The molecule has 122 valence electrons. The highest BCUT2D eigenvalue weighted by Crippen LogP contribution is 2.15. The van der Waals surface area contributed by atoms with Crippen molar-refractivity contribution in [2.75, 3.05) is 11.9 Å². The molecule has 2 aromatic rings. The molecule has 0 bridgehead atoms. The maximum Gasteiger partial charge on any atom is 0.258 e. The number of nitrogens with one attached hydrogen (secondary N) is 2. The van der Waals surface area contributed by atoms with Gasteiger partial charge in [0.2, 0.25) is 5.91 Å². The molecule has 1 amide bonds. The van der Waals surface area contributed by atoms with Gasteiger partial charge in [-0.15, -0.1) is 0 Å². The number of sulfonamides is 1. The van der Waals surface area contributed by atoms with Gasteiger partial charge < -0.3 is 5.32 Å². The summed E-state index contributed by atoms with van der Waals surface area (Å²) in [6, 6.07) is 12.8. The van der Waals surface area contributed by atoms with Crippen LogP contribution in [-0.2, 0) is 21.2 Å². The zero-order valence-electron chi connectivity index (χ0n) is 13.0. The molecular formula is C16H19N3O3S. The van der Waals surface area contributed by atoms with E-state index < -0.39 is 10.0 Å². The van der Waals surface area contributed by atoms with E-state index in [-0.39, 0.29) is 23.3 Å². The van der Waals surface area contributed by atoms with Gasteiger partial charge in [-0.2, -0.15) is 0 Å². The lowest BCUT2D eigenvalue weighted by Gasteiger charge is -2.10. The van der Waals surface area contributed by atoms with E-state index in [1.165, 1.54) is 6.92 Å². The van der Waals surface area contributed by atoms with E-state index in [4.69, 9.17) is 0 Å². The van der Waals surface area contributed by atoms with Crippen LogP contribution in [0.2, 0.25) is 0 Å². The highest BCUT2D eigenvalue weighted by molar-refractivity contribution is 7.89. The molecule has 23 heavy (non-hydrogen) atoms. The topological polar surface area (TPSA) is 88.2 Å². The third-order valence-electron chi connectivity index (χ3n) is 3.16. The Morgan fingerprint density at radius 3 is 2.48 bits per heavy atom. The minimum absolute atomic E-state index is 0.0724. The van der Waals surface area contributed by atoms with Gasteiger partial charge in [-0.05, 0) is 30.5 Å². The number of pyridine rings is 1. The molecule has 1 heterocycles. The summed E-state index contributed by atoms with van der Waals surface area (Å²) in [6.07, 6.45) is 0.588. The molecule has 6 nitrogen and oxygen atoms in total. The lowest BCUT2D eigenvalue weighted by atomic mass is 10.2. The summed E-state index contributed by atoms with van der Waals surface area (Å²) >= 11 is 0. The molecule has 0 atom stereocenters. The van der Waals surface area contributed by atoms with Gasteiger partial charge in [0.05, 0.1) is 0 Å². The first-order valence-electron chi connectivity index (χ1n) is 7.17. The predicted octanol–water partition coefficient (Wildman–Crippen LogP) is 1.87. The maximum atomic E-state index is 12.4. The average Bonchev–Trinajstić information content (AvgIpc) is 2.49. The smallest absolute Gasteiger partial charge is 0.258 e. The van der Waals surface area contributed by atoms with Crippen LogP contribution in [0.5, 0.6) is 0 Å². The van der Waals surface area contributed by atoms with Crippen molar-refractivity contribution in [1.29, 1.82) is 0 Å². The van der Waals surface area contributed by atoms with Crippen LogP contribution in [0.4, 0.5) is 5.82 Å². The van der Waals surface area contributed by atoms with Crippen LogP contribution >= 0.6 is 0 Å². The quantitative estimate of drug-likeness (QED) is 0.845. The molecule has 7 heteroatoms. The number of carbonyl (C=O) groups excluding carboxylic acids is 1. The fourth-order valence-corrected chi connectivity index (χ4v) is 3.29. The lowest BCUT2D eigenvalue weighted by molar-refractivity contribution is -0.114. The SMILES string of the molecule is CC(=O)Nc1ccc(C)c(S(=O)(=O)NCCc2ccccc2)n1. The van der Waals surface area contributed by atoms with Crippen molar-refractivity contribution in [2.45, 2.75) is 25.3 Å². The van der Waals surface area contributed by atoms with Gasteiger partial charge in [-0.25, -0.2) is 18.1 Å². The second kappa shape index (κ2) is 7.34. The van der Waals surface area contributed by atoms with Crippen molar-refractivity contribution in [3.8, 4) is 0 Å². The molecule has 0 saturated heterocycles. The number of hydrogen-bond acceptors (Lipinski definition) is 4. The van der Waals surface area contributed by atoms with E-state index in [9.17, 15) is 13.2 Å². The van der Waals surface area contributed by atoms with Crippen molar-refractivity contribution < 1.29 is 13.2 Å². The fraction of sp³-hybridized carbons (Fsp3) is 0.250. The van der Waals surface area contributed by atoms with Crippen LogP contribution in [-0.4, -0.2) is 25.9 Å². The number of amides is 1. The highest BCUT2D eigenvalue weighted by Gasteiger charge is 2.19. The summed E-state index contributed by atoms with van der Waals surface area (Å²) in [4.78, 5) is 15.1. The Kier molecular flexibility index (Phi) is 5.46. The van der Waals surface area contributed by atoms with Gasteiger partial charge >= 0.3 is 0 Å². The number of aromatic nitrogens is 1. The molecule has 2 N–H and O–H groups in total. The van der Waals surface area contributed by atoms with Crippen LogP contribution in [0.15, 0.2) is 47.5 Å². The van der Waals surface area contributed by atoms with Crippen molar-refractivity contribution >= 4 is 21.7 Å². The molecule has 1 aromatic heterocycles. The minimum Gasteiger partial charge on any atom is -0.311 e. The summed E-state index contributed by atoms with van der Waals surface area (Å²) in [7, 11) is -3.73. The number of rotatable bonds is 6. The van der Waals surface area contributed by atoms with Crippen molar-refractivity contribution in [1.82, 2.24) is 9.71 Å². The second-order valence-electron chi connectivity index (χ2n) is 5.13. The zero-order chi connectivity index (χ0) is 16.9. The Bertz CT molecular complexity index is 789. The van der Waals surface area contributed by atoms with Gasteiger partial charge in [0.25, 0.3) is 10.0 Å². The van der Waals surface area contributed by atoms with Gasteiger partial charge in [0, 0.05) is 13.5 Å². The normalized spacial score (nSPS) is 11.2. The summed E-state index contributed by atoms with van der Waals surface area (Å²) in [5.41, 5.74) is 1.57. The van der Waals surface area contributed by atoms with Gasteiger partial charge in [0.15, 0.2) is 5.03 Å². The molecule has 0 aliphatic carbocycles. The Hall–Kier alpha value is -2.25. The molecule has 1 aromatic carbocycles. The van der Waals surface area contributed by atoms with Gasteiger partial charge in [-0.3, -0.25) is 4.79 Å². The van der Waals surface area contributed by atoms with Gasteiger partial charge in [0.1, 0.15) is 5.82 Å². The van der Waals surface area contributed by atoms with E-state index in [0.29, 0.717) is 12.0 Å². The number of anilines is 1. The first kappa shape index (κ1) is 17.1. The predicted molar refractivity (Wildman–Crippen MR) is 88.6 cm³/mol. The molecule has 0 radical (unpaired) electrons. The number of hydrogen-bond donors (Lipinski definition) is 2. The first-order chi connectivity index (χ1) is 10.9. The standard InChI is InChI=1S/C16H19N3O3S/c1-12-8-9-15(18-13(2)20)19-16(12)23(21,22)17-11-10-14-6-4-3-5-7-14/h3-9,17H,10-11H2,1-2H3,(H,18,19,20). The summed E-state index contributed by atoms with van der Waals surface area (Å²) < 4.78 is 27.3. The average molecular weight is 333 g/mol. The Labute approximate surface area is 136 Å². The summed E-state index contributed by atoms with van der Waals surface area (Å²) in [5.74, 6) is -0.0896. The third-order valence-corrected chi connectivity index (χ3v) is 4.66. The van der Waals surface area contributed by atoms with Gasteiger partial charge in [-0.1, -0.05) is 36.4 Å². The molecule has 0 saturated carbocycles. The molecule has 2 rings (SSSR count). The maximum absolute atomic E-state index is 12.4. The molecule has 0 aliphatic rings. The van der Waals surface area contributed by atoms with Crippen LogP contribution < -0.4 is 10.0 Å². The number of aryl methyl sites for hydroxylation is 1. The van der Waals surface area contributed by atoms with E-state index >= 15 is 0 Å². The van der Waals surface area contributed by atoms with Crippen molar-refractivity contribution in [3.05, 3.63) is 53.6 Å². The second-order valence-corrected chi connectivity index (χ2v) is 6.82. The lowest BCUT2D eigenvalue weighted by Crippen LogP contribution is -2.27. The Morgan fingerprint density at radius 1 is 1.13 bits per heavy atom. The largest absolute Gasteiger partial charge is 0.311 e.